The molecule has 50 heavy (non-hydrogen) atoms. The Morgan fingerprint density at radius 2 is 1.56 bits per heavy atom. The van der Waals surface area contributed by atoms with Crippen LogP contribution in [0.4, 0.5) is 10.1 Å². The fourth-order valence-corrected chi connectivity index (χ4v) is 6.15. The van der Waals surface area contributed by atoms with Crippen LogP contribution in [0.3, 0.4) is 0 Å². The van der Waals surface area contributed by atoms with E-state index in [9.17, 15) is 24.1 Å². The SMILES string of the molecule is COc1ccc(C(=O)NCc2nnc(SCC(=O)N3N=C(c4ccc(OC)cc4)C[C@@H]3c3ccc(F)cc3)n2-c2ccc([N+](=O)[O-])cc2)cc1. The van der Waals surface area contributed by atoms with Gasteiger partial charge in [-0.2, -0.15) is 5.10 Å². The number of aromatic nitrogens is 3. The zero-order chi connectivity index (χ0) is 35.2. The van der Waals surface area contributed by atoms with E-state index in [2.05, 4.69) is 15.5 Å². The van der Waals surface area contributed by atoms with Gasteiger partial charge in [0.15, 0.2) is 11.0 Å². The van der Waals surface area contributed by atoms with Crippen LogP contribution in [0.2, 0.25) is 0 Å². The largest absolute Gasteiger partial charge is 0.497 e. The average Bonchev–Trinajstić information content (AvgIpc) is 3.78. The fraction of sp³-hybridized carbons (Fsp3) is 0.171. The van der Waals surface area contributed by atoms with Gasteiger partial charge in [-0.25, -0.2) is 9.40 Å². The summed E-state index contributed by atoms with van der Waals surface area (Å²) in [5.41, 5.74) is 3.02. The molecule has 0 saturated heterocycles. The van der Waals surface area contributed by atoms with E-state index in [1.165, 1.54) is 36.4 Å². The predicted octanol–water partition coefficient (Wildman–Crippen LogP) is 5.73. The van der Waals surface area contributed by atoms with E-state index in [4.69, 9.17) is 14.6 Å². The number of rotatable bonds is 12. The van der Waals surface area contributed by atoms with Crippen molar-refractivity contribution >= 4 is 35.0 Å². The highest BCUT2D eigenvalue weighted by molar-refractivity contribution is 7.99. The van der Waals surface area contributed by atoms with E-state index < -0.39 is 16.8 Å². The lowest BCUT2D eigenvalue weighted by Gasteiger charge is -2.22. The summed E-state index contributed by atoms with van der Waals surface area (Å²) < 4.78 is 25.9. The van der Waals surface area contributed by atoms with Gasteiger partial charge in [0, 0.05) is 29.8 Å². The van der Waals surface area contributed by atoms with Crippen LogP contribution >= 0.6 is 11.8 Å². The molecule has 0 saturated carbocycles. The van der Waals surface area contributed by atoms with Crippen LogP contribution in [0.5, 0.6) is 11.5 Å². The number of thioether (sulfide) groups is 1. The monoisotopic (exact) mass is 695 g/mol. The molecule has 0 aliphatic carbocycles. The van der Waals surface area contributed by atoms with Gasteiger partial charge in [0.05, 0.1) is 43.2 Å². The number of non-ortho nitro benzene ring substituents is 1. The average molecular weight is 696 g/mol. The summed E-state index contributed by atoms with van der Waals surface area (Å²) in [6.45, 7) is -0.0301. The minimum absolute atomic E-state index is 0.0301. The van der Waals surface area contributed by atoms with Crippen LogP contribution in [0.1, 0.15) is 39.8 Å². The maximum atomic E-state index is 13.8. The highest BCUT2D eigenvalue weighted by atomic mass is 32.2. The number of halogens is 1. The van der Waals surface area contributed by atoms with Crippen LogP contribution in [0.15, 0.2) is 107 Å². The van der Waals surface area contributed by atoms with Crippen molar-refractivity contribution in [1.82, 2.24) is 25.1 Å². The predicted molar refractivity (Wildman–Crippen MR) is 183 cm³/mol. The Labute approximate surface area is 289 Å². The number of hydrazone groups is 1. The van der Waals surface area contributed by atoms with E-state index in [0.29, 0.717) is 45.9 Å². The number of nitro groups is 1. The molecule has 254 valence electrons. The molecule has 1 aromatic heterocycles. The van der Waals surface area contributed by atoms with Gasteiger partial charge in [0.1, 0.15) is 17.3 Å². The number of hydrogen-bond acceptors (Lipinski definition) is 10. The maximum Gasteiger partial charge on any atom is 0.269 e. The lowest BCUT2D eigenvalue weighted by atomic mass is 9.98. The Balaban J connectivity index is 1.25. The summed E-state index contributed by atoms with van der Waals surface area (Å²) in [6, 6.07) is 25.2. The summed E-state index contributed by atoms with van der Waals surface area (Å²) in [4.78, 5) is 37.6. The van der Waals surface area contributed by atoms with Gasteiger partial charge in [0.25, 0.3) is 17.5 Å². The Bertz CT molecular complexity index is 2040. The molecule has 5 aromatic rings. The molecular formula is C35H30FN7O6S. The number of nitrogens with one attached hydrogen (secondary N) is 1. The molecule has 1 atom stereocenters. The number of methoxy groups -OCH3 is 2. The Morgan fingerprint density at radius 1 is 0.920 bits per heavy atom. The second-order valence-electron chi connectivity index (χ2n) is 11.0. The van der Waals surface area contributed by atoms with E-state index in [0.717, 1.165) is 22.9 Å². The van der Waals surface area contributed by atoms with Gasteiger partial charge in [-0.1, -0.05) is 23.9 Å². The fourth-order valence-electron chi connectivity index (χ4n) is 5.33. The van der Waals surface area contributed by atoms with Crippen molar-refractivity contribution in [2.24, 2.45) is 5.10 Å². The van der Waals surface area contributed by atoms with Crippen molar-refractivity contribution < 1.29 is 28.4 Å². The minimum atomic E-state index is -0.505. The van der Waals surface area contributed by atoms with Crippen molar-refractivity contribution in [2.75, 3.05) is 20.0 Å². The molecule has 0 spiro atoms. The topological polar surface area (TPSA) is 154 Å². The molecule has 15 heteroatoms. The highest BCUT2D eigenvalue weighted by Gasteiger charge is 2.33. The molecule has 2 heterocycles. The number of nitro benzene ring substituents is 1. The molecule has 13 nitrogen and oxygen atoms in total. The molecule has 0 bridgehead atoms. The molecule has 0 unspecified atom stereocenters. The van der Waals surface area contributed by atoms with E-state index in [1.54, 1.807) is 60.2 Å². The zero-order valence-electron chi connectivity index (χ0n) is 26.9. The molecule has 1 aliphatic heterocycles. The lowest BCUT2D eigenvalue weighted by molar-refractivity contribution is -0.384. The van der Waals surface area contributed by atoms with E-state index in [-0.39, 0.29) is 29.8 Å². The normalized spacial score (nSPS) is 13.9. The second kappa shape index (κ2) is 15.0. The summed E-state index contributed by atoms with van der Waals surface area (Å²) in [5.74, 6) is 0.446. The number of benzene rings is 4. The number of carbonyl (C=O) groups excluding carboxylic acids is 2. The maximum absolute atomic E-state index is 13.8. The second-order valence-corrected chi connectivity index (χ2v) is 11.9. The Hall–Kier alpha value is -6.09. The van der Waals surface area contributed by atoms with Gasteiger partial charge in [-0.15, -0.1) is 10.2 Å². The van der Waals surface area contributed by atoms with Crippen LogP contribution in [0, 0.1) is 15.9 Å². The van der Waals surface area contributed by atoms with Gasteiger partial charge >= 0.3 is 0 Å². The third-order valence-electron chi connectivity index (χ3n) is 7.95. The molecule has 6 rings (SSSR count). The van der Waals surface area contributed by atoms with Crippen molar-refractivity contribution in [3.8, 4) is 17.2 Å². The highest BCUT2D eigenvalue weighted by Crippen LogP contribution is 2.34. The lowest BCUT2D eigenvalue weighted by Crippen LogP contribution is -2.28. The standard InChI is InChI=1S/C35H30FN7O6S/c1-48-28-15-5-22(6-16-28)30-19-31(23-3-9-25(36)10-4-23)42(40-30)33(44)21-50-35-39-38-32(41(35)26-11-13-27(14-12-26)43(46)47)20-37-34(45)24-7-17-29(49-2)18-8-24/h3-18,31H,19-21H2,1-2H3,(H,37,45)/t31-/m1/s1. The number of amides is 2. The van der Waals surface area contributed by atoms with Crippen molar-refractivity contribution in [3.63, 3.8) is 0 Å². The van der Waals surface area contributed by atoms with Crippen LogP contribution in [0.25, 0.3) is 5.69 Å². The van der Waals surface area contributed by atoms with Crippen molar-refractivity contribution in [3.05, 3.63) is 136 Å². The van der Waals surface area contributed by atoms with E-state index >= 15 is 0 Å². The van der Waals surface area contributed by atoms with Crippen molar-refractivity contribution in [1.29, 1.82) is 0 Å². The quantitative estimate of drug-likeness (QED) is 0.0979. The first-order valence-electron chi connectivity index (χ1n) is 15.3. The number of nitrogens with zero attached hydrogens (tertiary/aromatic N) is 6. The number of hydrogen-bond donors (Lipinski definition) is 1. The molecule has 1 aliphatic rings. The molecule has 0 radical (unpaired) electrons. The third-order valence-corrected chi connectivity index (χ3v) is 8.86. The Morgan fingerprint density at radius 3 is 2.18 bits per heavy atom. The smallest absolute Gasteiger partial charge is 0.269 e. The first kappa shape index (κ1) is 33.8. The summed E-state index contributed by atoms with van der Waals surface area (Å²) in [7, 11) is 3.11. The van der Waals surface area contributed by atoms with E-state index in [1.807, 2.05) is 24.3 Å². The summed E-state index contributed by atoms with van der Waals surface area (Å²) in [5, 5.41) is 29.1. The summed E-state index contributed by atoms with van der Waals surface area (Å²) in [6.07, 6.45) is 0.408. The zero-order valence-corrected chi connectivity index (χ0v) is 27.7. The molecule has 1 N–H and O–H groups in total. The summed E-state index contributed by atoms with van der Waals surface area (Å²) >= 11 is 1.10. The van der Waals surface area contributed by atoms with Gasteiger partial charge in [-0.05, 0) is 83.9 Å². The number of ether oxygens (including phenoxy) is 2. The molecule has 0 fully saturated rings. The third kappa shape index (κ3) is 7.47. The first-order chi connectivity index (χ1) is 24.2. The molecule has 2 amide bonds. The Kier molecular flexibility index (Phi) is 10.1. The van der Waals surface area contributed by atoms with Gasteiger partial charge in [-0.3, -0.25) is 24.3 Å². The number of carbonyl (C=O) groups is 2. The van der Waals surface area contributed by atoms with Crippen LogP contribution in [-0.2, 0) is 11.3 Å². The van der Waals surface area contributed by atoms with Crippen LogP contribution < -0.4 is 14.8 Å². The first-order valence-corrected chi connectivity index (χ1v) is 16.3. The van der Waals surface area contributed by atoms with Gasteiger partial charge in [0.2, 0.25) is 0 Å². The van der Waals surface area contributed by atoms with Gasteiger partial charge < -0.3 is 14.8 Å². The van der Waals surface area contributed by atoms with Crippen LogP contribution in [-0.4, -0.2) is 62.2 Å². The van der Waals surface area contributed by atoms with Crippen molar-refractivity contribution in [2.45, 2.75) is 24.2 Å². The molecule has 4 aromatic carbocycles. The molecular weight excluding hydrogens is 665 g/mol. The minimum Gasteiger partial charge on any atom is -0.497 e.